The molecule has 96 valence electrons. The van der Waals surface area contributed by atoms with Crippen molar-refractivity contribution in [2.45, 2.75) is 0 Å². The molecule has 0 spiro atoms. The van der Waals surface area contributed by atoms with E-state index in [9.17, 15) is 14.6 Å². The Balaban J connectivity index is 2.36. The fourth-order valence-corrected chi connectivity index (χ4v) is 2.10. The van der Waals surface area contributed by atoms with Crippen LogP contribution in [0.4, 0.5) is 4.39 Å². The first-order chi connectivity index (χ1) is 9.09. The van der Waals surface area contributed by atoms with E-state index in [1.807, 2.05) is 0 Å². The van der Waals surface area contributed by atoms with E-state index >= 15 is 0 Å². The topological polar surface area (TPSA) is 66.5 Å². The average Bonchev–Trinajstić information content (AvgIpc) is 2.80. The van der Waals surface area contributed by atoms with Gasteiger partial charge in [0.15, 0.2) is 17.1 Å². The number of aromatic hydroxyl groups is 2. The maximum absolute atomic E-state index is 13.7. The highest BCUT2D eigenvalue weighted by atomic mass is 35.5. The van der Waals surface area contributed by atoms with Crippen molar-refractivity contribution in [3.63, 3.8) is 0 Å². The molecule has 3 aromatic rings. The molecule has 0 saturated heterocycles. The number of phenolic OH excluding ortho intramolecular Hbond substituents is 2. The highest BCUT2D eigenvalue weighted by molar-refractivity contribution is 6.37. The SMILES string of the molecule is Oc1cc2c(-c3ccccc3F)noc2c(Cl)c1O. The Morgan fingerprint density at radius 3 is 2.68 bits per heavy atom. The first-order valence-electron chi connectivity index (χ1n) is 5.34. The lowest BCUT2D eigenvalue weighted by Gasteiger charge is -2.01. The Labute approximate surface area is 111 Å². The lowest BCUT2D eigenvalue weighted by molar-refractivity contribution is 0.402. The van der Waals surface area contributed by atoms with Gasteiger partial charge in [-0.05, 0) is 18.2 Å². The molecule has 19 heavy (non-hydrogen) atoms. The van der Waals surface area contributed by atoms with Crippen molar-refractivity contribution in [1.82, 2.24) is 5.16 Å². The van der Waals surface area contributed by atoms with Crippen molar-refractivity contribution in [3.8, 4) is 22.8 Å². The van der Waals surface area contributed by atoms with Crippen LogP contribution in [0.5, 0.6) is 11.5 Å². The molecule has 0 fully saturated rings. The maximum Gasteiger partial charge on any atom is 0.190 e. The third kappa shape index (κ3) is 1.70. The van der Waals surface area contributed by atoms with E-state index in [1.165, 1.54) is 18.2 Å². The van der Waals surface area contributed by atoms with Crippen molar-refractivity contribution in [2.75, 3.05) is 0 Å². The highest BCUT2D eigenvalue weighted by Crippen LogP contribution is 2.42. The van der Waals surface area contributed by atoms with Gasteiger partial charge in [0.2, 0.25) is 0 Å². The highest BCUT2D eigenvalue weighted by Gasteiger charge is 2.20. The number of aromatic nitrogens is 1. The standard InChI is InChI=1S/C13H7ClFNO3/c14-10-12(18)9(17)5-7-11(16-19-13(7)10)6-3-1-2-4-8(6)15/h1-5,17-18H. The van der Waals surface area contributed by atoms with E-state index in [-0.39, 0.29) is 21.9 Å². The fourth-order valence-electron chi connectivity index (χ4n) is 1.86. The summed E-state index contributed by atoms with van der Waals surface area (Å²) in [6, 6.07) is 7.26. The molecule has 0 atom stereocenters. The van der Waals surface area contributed by atoms with Crippen LogP contribution in [-0.2, 0) is 0 Å². The van der Waals surface area contributed by atoms with Crippen molar-refractivity contribution < 1.29 is 19.1 Å². The van der Waals surface area contributed by atoms with Crippen molar-refractivity contribution >= 4 is 22.6 Å². The Bertz CT molecular complexity index is 785. The predicted molar refractivity (Wildman–Crippen MR) is 67.7 cm³/mol. The summed E-state index contributed by atoms with van der Waals surface area (Å²) in [4.78, 5) is 0. The number of benzene rings is 2. The average molecular weight is 280 g/mol. The summed E-state index contributed by atoms with van der Waals surface area (Å²) in [5, 5.41) is 23.0. The van der Waals surface area contributed by atoms with Crippen LogP contribution in [0.1, 0.15) is 0 Å². The molecule has 4 nitrogen and oxygen atoms in total. The summed E-state index contributed by atoms with van der Waals surface area (Å²) >= 11 is 5.83. The summed E-state index contributed by atoms with van der Waals surface area (Å²) in [5.74, 6) is -1.38. The molecule has 0 amide bonds. The lowest BCUT2D eigenvalue weighted by atomic mass is 10.1. The molecule has 0 unspecified atom stereocenters. The summed E-state index contributed by atoms with van der Waals surface area (Å²) in [5.41, 5.74) is 0.530. The quantitative estimate of drug-likeness (QED) is 0.667. The molecular formula is C13H7ClFNO3. The summed E-state index contributed by atoms with van der Waals surface area (Å²) in [6.45, 7) is 0. The predicted octanol–water partition coefficient (Wildman–Crippen LogP) is 3.70. The normalized spacial score (nSPS) is 11.1. The van der Waals surface area contributed by atoms with Gasteiger partial charge in [0, 0.05) is 5.56 Å². The Morgan fingerprint density at radius 1 is 1.21 bits per heavy atom. The van der Waals surface area contributed by atoms with Crippen molar-refractivity contribution in [3.05, 3.63) is 41.2 Å². The van der Waals surface area contributed by atoms with Gasteiger partial charge in [0.25, 0.3) is 0 Å². The van der Waals surface area contributed by atoms with Crippen molar-refractivity contribution in [2.24, 2.45) is 0 Å². The first kappa shape index (κ1) is 11.8. The smallest absolute Gasteiger partial charge is 0.190 e. The second-order valence-electron chi connectivity index (χ2n) is 3.95. The molecule has 1 aromatic heterocycles. The first-order valence-corrected chi connectivity index (χ1v) is 5.72. The molecule has 1 heterocycles. The third-order valence-electron chi connectivity index (χ3n) is 2.79. The molecule has 0 aliphatic carbocycles. The molecule has 0 radical (unpaired) electrons. The summed E-state index contributed by atoms with van der Waals surface area (Å²) in [7, 11) is 0. The molecule has 3 rings (SSSR count). The zero-order valence-corrected chi connectivity index (χ0v) is 10.1. The number of nitrogens with zero attached hydrogens (tertiary/aromatic N) is 1. The number of fused-ring (bicyclic) bond motifs is 1. The summed E-state index contributed by atoms with van der Waals surface area (Å²) in [6.07, 6.45) is 0. The van der Waals surface area contributed by atoms with Gasteiger partial charge < -0.3 is 14.7 Å². The Hall–Kier alpha value is -2.27. The number of rotatable bonds is 1. The lowest BCUT2D eigenvalue weighted by Crippen LogP contribution is -1.84. The van der Waals surface area contributed by atoms with Crippen LogP contribution in [0.15, 0.2) is 34.9 Å². The molecule has 0 bridgehead atoms. The van der Waals surface area contributed by atoms with E-state index in [1.54, 1.807) is 12.1 Å². The van der Waals surface area contributed by atoms with Crippen LogP contribution in [0.25, 0.3) is 22.2 Å². The number of halogens is 2. The van der Waals surface area contributed by atoms with Gasteiger partial charge in [0.05, 0.1) is 5.39 Å². The molecule has 2 aromatic carbocycles. The van der Waals surface area contributed by atoms with Crippen LogP contribution >= 0.6 is 11.6 Å². The van der Waals surface area contributed by atoms with E-state index in [2.05, 4.69) is 5.16 Å². The zero-order chi connectivity index (χ0) is 13.6. The Kier molecular flexibility index (Phi) is 2.57. The van der Waals surface area contributed by atoms with Gasteiger partial charge in [-0.1, -0.05) is 28.9 Å². The van der Waals surface area contributed by atoms with Crippen LogP contribution in [0, 0.1) is 5.82 Å². The van der Waals surface area contributed by atoms with Crippen LogP contribution in [0.3, 0.4) is 0 Å². The monoisotopic (exact) mass is 279 g/mol. The van der Waals surface area contributed by atoms with Crippen LogP contribution in [0.2, 0.25) is 5.02 Å². The van der Waals surface area contributed by atoms with Crippen molar-refractivity contribution in [1.29, 1.82) is 0 Å². The fraction of sp³-hybridized carbons (Fsp3) is 0. The van der Waals surface area contributed by atoms with Crippen LogP contribution < -0.4 is 0 Å². The molecule has 2 N–H and O–H groups in total. The minimum atomic E-state index is -0.495. The van der Waals surface area contributed by atoms with Gasteiger partial charge in [-0.25, -0.2) is 4.39 Å². The third-order valence-corrected chi connectivity index (χ3v) is 3.14. The van der Waals surface area contributed by atoms with E-state index in [0.717, 1.165) is 0 Å². The Morgan fingerprint density at radius 2 is 1.95 bits per heavy atom. The minimum absolute atomic E-state index is 0.0928. The van der Waals surface area contributed by atoms with Gasteiger partial charge in [0.1, 0.15) is 16.5 Å². The van der Waals surface area contributed by atoms with Crippen LogP contribution in [-0.4, -0.2) is 15.4 Å². The number of phenols is 2. The molecule has 0 saturated carbocycles. The molecule has 6 heteroatoms. The second-order valence-corrected chi connectivity index (χ2v) is 4.32. The van der Waals surface area contributed by atoms with E-state index in [0.29, 0.717) is 5.39 Å². The number of hydrogen-bond donors (Lipinski definition) is 2. The second kappa shape index (κ2) is 4.13. The molecule has 0 aliphatic rings. The van der Waals surface area contributed by atoms with Gasteiger partial charge in [-0.3, -0.25) is 0 Å². The van der Waals surface area contributed by atoms with Gasteiger partial charge in [-0.2, -0.15) is 0 Å². The number of hydrogen-bond acceptors (Lipinski definition) is 4. The zero-order valence-electron chi connectivity index (χ0n) is 9.39. The largest absolute Gasteiger partial charge is 0.504 e. The minimum Gasteiger partial charge on any atom is -0.504 e. The van der Waals surface area contributed by atoms with Gasteiger partial charge >= 0.3 is 0 Å². The maximum atomic E-state index is 13.7. The molecule has 0 aliphatic heterocycles. The van der Waals surface area contributed by atoms with Gasteiger partial charge in [-0.15, -0.1) is 0 Å². The summed E-state index contributed by atoms with van der Waals surface area (Å²) < 4.78 is 18.7. The molecular weight excluding hydrogens is 273 g/mol. The van der Waals surface area contributed by atoms with E-state index in [4.69, 9.17) is 16.1 Å². The van der Waals surface area contributed by atoms with E-state index < -0.39 is 17.3 Å².